The smallest absolute Gasteiger partial charge is 0.261 e. The van der Waals surface area contributed by atoms with Crippen molar-refractivity contribution >= 4 is 55.5 Å². The Kier molecular flexibility index (Phi) is 6.38. The van der Waals surface area contributed by atoms with Crippen molar-refractivity contribution in [3.05, 3.63) is 43.7 Å². The highest BCUT2D eigenvalue weighted by Gasteiger charge is 2.25. The van der Waals surface area contributed by atoms with Crippen molar-refractivity contribution in [3.8, 4) is 11.8 Å². The van der Waals surface area contributed by atoms with Crippen LogP contribution >= 0.6 is 39.5 Å². The first kappa shape index (κ1) is 20.8. The number of thiophene rings is 1. The van der Waals surface area contributed by atoms with Gasteiger partial charge in [0, 0.05) is 9.35 Å². The van der Waals surface area contributed by atoms with Crippen molar-refractivity contribution < 1.29 is 9.53 Å². The molecule has 0 saturated carbocycles. The summed E-state index contributed by atoms with van der Waals surface area (Å²) in [5, 5.41) is 16.2. The van der Waals surface area contributed by atoms with Gasteiger partial charge in [-0.1, -0.05) is 22.9 Å². The zero-order chi connectivity index (χ0) is 20.4. The van der Waals surface area contributed by atoms with Gasteiger partial charge in [-0.3, -0.25) is 10.1 Å². The minimum absolute atomic E-state index is 0.160. The number of carbonyl (C=O) groups is 1. The number of amides is 1. The Bertz CT molecular complexity index is 994. The van der Waals surface area contributed by atoms with E-state index in [0.717, 1.165) is 34.9 Å². The number of hydrogen-bond donors (Lipinski definition) is 2. The van der Waals surface area contributed by atoms with E-state index < -0.39 is 0 Å². The van der Waals surface area contributed by atoms with Crippen LogP contribution in [0.5, 0.6) is 5.75 Å². The van der Waals surface area contributed by atoms with Gasteiger partial charge in [-0.2, -0.15) is 5.26 Å². The van der Waals surface area contributed by atoms with Gasteiger partial charge < -0.3 is 10.1 Å². The van der Waals surface area contributed by atoms with Crippen molar-refractivity contribution in [2.45, 2.75) is 33.1 Å². The Morgan fingerprint density at radius 1 is 1.46 bits per heavy atom. The summed E-state index contributed by atoms with van der Waals surface area (Å²) in [4.78, 5) is 14.0. The van der Waals surface area contributed by atoms with E-state index in [1.54, 1.807) is 17.4 Å². The molecule has 1 aromatic heterocycles. The van der Waals surface area contributed by atoms with Crippen LogP contribution in [0.15, 0.2) is 16.6 Å². The van der Waals surface area contributed by atoms with Gasteiger partial charge >= 0.3 is 0 Å². The maximum Gasteiger partial charge on any atom is 0.261 e. The number of anilines is 1. The molecule has 0 bridgehead atoms. The second-order valence-corrected chi connectivity index (χ2v) is 9.31. The summed E-state index contributed by atoms with van der Waals surface area (Å²) in [6.07, 6.45) is 2.97. The molecule has 1 atom stereocenters. The third-order valence-electron chi connectivity index (χ3n) is 4.77. The maximum absolute atomic E-state index is 12.7. The number of benzene rings is 1. The minimum Gasteiger partial charge on any atom is -0.496 e. The standard InChI is InChI=1S/C20H20BrN3O2S2/c1-10-4-5-13-15(9-22)19(28-16(13)6-10)24-20(27)23-18(25)14-8-12(21)7-11(2)17(14)26-3/h7-8,10H,4-6H2,1-3H3,(H2,23,24,25,27). The van der Waals surface area contributed by atoms with E-state index in [1.165, 1.54) is 12.0 Å². The molecule has 0 fully saturated rings. The normalized spacial score (nSPS) is 15.3. The third kappa shape index (κ3) is 4.22. The minimum atomic E-state index is -0.368. The summed E-state index contributed by atoms with van der Waals surface area (Å²) in [6.45, 7) is 4.09. The summed E-state index contributed by atoms with van der Waals surface area (Å²) in [6, 6.07) is 5.86. The molecule has 0 spiro atoms. The van der Waals surface area contributed by atoms with E-state index in [0.29, 0.717) is 27.8 Å². The number of ether oxygens (including phenoxy) is 1. The van der Waals surface area contributed by atoms with Crippen LogP contribution in [0.3, 0.4) is 0 Å². The van der Waals surface area contributed by atoms with Crippen LogP contribution in [0.25, 0.3) is 0 Å². The molecule has 146 valence electrons. The number of methoxy groups -OCH3 is 1. The second-order valence-electron chi connectivity index (χ2n) is 6.88. The molecule has 0 radical (unpaired) electrons. The lowest BCUT2D eigenvalue weighted by atomic mass is 9.89. The van der Waals surface area contributed by atoms with E-state index in [4.69, 9.17) is 17.0 Å². The number of thiocarbonyl (C=S) groups is 1. The molecule has 2 N–H and O–H groups in total. The number of halogens is 1. The van der Waals surface area contributed by atoms with Crippen LogP contribution in [0, 0.1) is 24.2 Å². The van der Waals surface area contributed by atoms with Crippen LogP contribution in [0.4, 0.5) is 5.00 Å². The first-order valence-corrected chi connectivity index (χ1v) is 10.9. The largest absolute Gasteiger partial charge is 0.496 e. The van der Waals surface area contributed by atoms with Crippen LogP contribution in [-0.4, -0.2) is 18.1 Å². The molecule has 1 aliphatic carbocycles. The molecule has 3 rings (SSSR count). The lowest BCUT2D eigenvalue weighted by Gasteiger charge is -2.17. The first-order valence-electron chi connectivity index (χ1n) is 8.85. The average Bonchev–Trinajstić information content (AvgIpc) is 2.96. The number of nitrogens with zero attached hydrogens (tertiary/aromatic N) is 1. The summed E-state index contributed by atoms with van der Waals surface area (Å²) < 4.78 is 6.15. The van der Waals surface area contributed by atoms with Gasteiger partial charge in [-0.05, 0) is 67.6 Å². The van der Waals surface area contributed by atoms with Crippen molar-refractivity contribution in [1.29, 1.82) is 5.26 Å². The lowest BCUT2D eigenvalue weighted by molar-refractivity contribution is 0.0974. The molecular formula is C20H20BrN3O2S2. The predicted octanol–water partition coefficient (Wildman–Crippen LogP) is 4.95. The second kappa shape index (κ2) is 8.60. The van der Waals surface area contributed by atoms with Gasteiger partial charge in [0.1, 0.15) is 16.8 Å². The van der Waals surface area contributed by atoms with Crippen LogP contribution in [0.2, 0.25) is 0 Å². The summed E-state index contributed by atoms with van der Waals surface area (Å²) in [5.74, 6) is 0.749. The maximum atomic E-state index is 12.7. The molecule has 1 aromatic carbocycles. The van der Waals surface area contributed by atoms with E-state index in [2.05, 4.69) is 39.6 Å². The lowest BCUT2D eigenvalue weighted by Crippen LogP contribution is -2.34. The SMILES string of the molecule is COc1c(C)cc(Br)cc1C(=O)NC(=S)Nc1sc2c(c1C#N)CCC(C)C2. The summed E-state index contributed by atoms with van der Waals surface area (Å²) >= 11 is 10.3. The predicted molar refractivity (Wildman–Crippen MR) is 119 cm³/mol. The van der Waals surface area contributed by atoms with Gasteiger partial charge in [-0.15, -0.1) is 11.3 Å². The van der Waals surface area contributed by atoms with Gasteiger partial charge in [0.15, 0.2) is 5.11 Å². The number of hydrogen-bond acceptors (Lipinski definition) is 5. The van der Waals surface area contributed by atoms with Crippen LogP contribution < -0.4 is 15.4 Å². The van der Waals surface area contributed by atoms with Gasteiger partial charge in [0.25, 0.3) is 5.91 Å². The number of carbonyl (C=O) groups excluding carboxylic acids is 1. The fourth-order valence-electron chi connectivity index (χ4n) is 3.43. The first-order chi connectivity index (χ1) is 13.3. The highest BCUT2D eigenvalue weighted by atomic mass is 79.9. The van der Waals surface area contributed by atoms with Crippen molar-refractivity contribution in [3.63, 3.8) is 0 Å². The molecule has 1 aliphatic rings. The van der Waals surface area contributed by atoms with E-state index >= 15 is 0 Å². The number of fused-ring (bicyclic) bond motifs is 1. The zero-order valence-corrected chi connectivity index (χ0v) is 19.0. The Hall–Kier alpha value is -1.95. The third-order valence-corrected chi connectivity index (χ3v) is 6.60. The number of nitriles is 1. The highest BCUT2D eigenvalue weighted by Crippen LogP contribution is 2.39. The molecule has 0 saturated heterocycles. The average molecular weight is 478 g/mol. The van der Waals surface area contributed by atoms with Crippen LogP contribution in [-0.2, 0) is 12.8 Å². The molecule has 1 heterocycles. The molecule has 0 aliphatic heterocycles. The summed E-state index contributed by atoms with van der Waals surface area (Å²) in [7, 11) is 1.53. The Balaban J connectivity index is 1.79. The molecular weight excluding hydrogens is 458 g/mol. The summed E-state index contributed by atoms with van der Waals surface area (Å²) in [5.41, 5.74) is 2.98. The van der Waals surface area contributed by atoms with Gasteiger partial charge in [0.05, 0.1) is 18.2 Å². The van der Waals surface area contributed by atoms with Crippen LogP contribution in [0.1, 0.15) is 45.3 Å². The van der Waals surface area contributed by atoms with Gasteiger partial charge in [0.2, 0.25) is 0 Å². The Morgan fingerprint density at radius 3 is 2.89 bits per heavy atom. The zero-order valence-electron chi connectivity index (χ0n) is 15.8. The number of nitrogens with one attached hydrogen (secondary N) is 2. The van der Waals surface area contributed by atoms with Crippen molar-refractivity contribution in [2.75, 3.05) is 12.4 Å². The molecule has 1 amide bonds. The molecule has 5 nitrogen and oxygen atoms in total. The fourth-order valence-corrected chi connectivity index (χ4v) is 5.63. The van der Waals surface area contributed by atoms with Crippen molar-refractivity contribution in [2.24, 2.45) is 5.92 Å². The molecule has 2 aromatic rings. The molecule has 8 heteroatoms. The number of rotatable bonds is 3. The van der Waals surface area contributed by atoms with E-state index in [-0.39, 0.29) is 11.0 Å². The van der Waals surface area contributed by atoms with Gasteiger partial charge in [-0.25, -0.2) is 0 Å². The Morgan fingerprint density at radius 2 is 2.21 bits per heavy atom. The van der Waals surface area contributed by atoms with Crippen molar-refractivity contribution in [1.82, 2.24) is 5.32 Å². The number of aryl methyl sites for hydroxylation is 1. The molecule has 1 unspecified atom stereocenters. The highest BCUT2D eigenvalue weighted by molar-refractivity contribution is 9.10. The fraction of sp³-hybridized carbons (Fsp3) is 0.350. The Labute approximate surface area is 182 Å². The van der Waals surface area contributed by atoms with E-state index in [9.17, 15) is 10.1 Å². The van der Waals surface area contributed by atoms with E-state index in [1.807, 2.05) is 13.0 Å². The monoisotopic (exact) mass is 477 g/mol. The quantitative estimate of drug-likeness (QED) is 0.611. The topological polar surface area (TPSA) is 74.2 Å². The molecule has 28 heavy (non-hydrogen) atoms.